The highest BCUT2D eigenvalue weighted by molar-refractivity contribution is 5.84. The van der Waals surface area contributed by atoms with Crippen molar-refractivity contribution in [2.75, 3.05) is 25.6 Å². The molecule has 0 amide bonds. The molecule has 1 heterocycles. The maximum atomic E-state index is 10.7. The fraction of sp³-hybridized carbons (Fsp3) is 0.643. The van der Waals surface area contributed by atoms with Crippen molar-refractivity contribution >= 4 is 11.8 Å². The quantitative estimate of drug-likeness (QED) is 0.830. The van der Waals surface area contributed by atoms with Gasteiger partial charge in [-0.25, -0.2) is 14.8 Å². The van der Waals surface area contributed by atoms with Crippen LogP contribution < -0.4 is 5.32 Å². The average molecular weight is 279 g/mol. The fourth-order valence-electron chi connectivity index (χ4n) is 2.79. The Bertz CT molecular complexity index is 436. The lowest BCUT2D eigenvalue weighted by molar-refractivity contribution is 0.0583. The van der Waals surface area contributed by atoms with Gasteiger partial charge in [0.25, 0.3) is 0 Å². The van der Waals surface area contributed by atoms with E-state index in [1.165, 1.54) is 31.7 Å². The van der Waals surface area contributed by atoms with Crippen LogP contribution in [0.3, 0.4) is 0 Å². The van der Waals surface area contributed by atoms with Crippen LogP contribution in [0.15, 0.2) is 12.4 Å². The van der Waals surface area contributed by atoms with E-state index in [0.717, 1.165) is 26.0 Å². The topological polar surface area (TPSA) is 84.3 Å². The van der Waals surface area contributed by atoms with Gasteiger partial charge in [0.2, 0.25) is 0 Å². The van der Waals surface area contributed by atoms with Gasteiger partial charge in [-0.1, -0.05) is 19.3 Å². The first-order valence-corrected chi connectivity index (χ1v) is 6.93. The van der Waals surface area contributed by atoms with Gasteiger partial charge in [0.15, 0.2) is 5.69 Å². The second-order valence-corrected chi connectivity index (χ2v) is 5.44. The Hall–Kier alpha value is -1.69. The van der Waals surface area contributed by atoms with Crippen LogP contribution in [-0.2, 0) is 4.74 Å². The van der Waals surface area contributed by atoms with E-state index in [2.05, 4.69) is 15.3 Å². The number of methoxy groups -OCH3 is 1. The molecule has 0 aromatic carbocycles. The van der Waals surface area contributed by atoms with E-state index in [0.29, 0.717) is 5.82 Å². The average Bonchev–Trinajstić information content (AvgIpc) is 2.47. The van der Waals surface area contributed by atoms with Gasteiger partial charge in [-0.15, -0.1) is 0 Å². The minimum absolute atomic E-state index is 0.0418. The van der Waals surface area contributed by atoms with Crippen LogP contribution in [0, 0.1) is 5.41 Å². The number of carboxylic acids is 1. The highest BCUT2D eigenvalue weighted by atomic mass is 16.5. The zero-order valence-corrected chi connectivity index (χ0v) is 11.8. The molecule has 0 spiro atoms. The minimum atomic E-state index is -1.06. The van der Waals surface area contributed by atoms with Gasteiger partial charge in [-0.2, -0.15) is 0 Å². The number of anilines is 1. The summed E-state index contributed by atoms with van der Waals surface area (Å²) in [5.41, 5.74) is 0.111. The van der Waals surface area contributed by atoms with E-state index >= 15 is 0 Å². The summed E-state index contributed by atoms with van der Waals surface area (Å²) in [6, 6.07) is 0. The molecule has 0 bridgehead atoms. The van der Waals surface area contributed by atoms with E-state index in [4.69, 9.17) is 9.84 Å². The number of ether oxygens (including phenoxy) is 1. The molecule has 6 nitrogen and oxygen atoms in total. The largest absolute Gasteiger partial charge is 0.476 e. The molecule has 0 atom stereocenters. The van der Waals surface area contributed by atoms with Crippen LogP contribution in [0.5, 0.6) is 0 Å². The molecule has 0 aliphatic heterocycles. The van der Waals surface area contributed by atoms with E-state index in [1.807, 2.05) is 0 Å². The molecular formula is C14H21N3O3. The number of aromatic carboxylic acids is 1. The third-order valence-corrected chi connectivity index (χ3v) is 3.88. The maximum absolute atomic E-state index is 10.7. The maximum Gasteiger partial charge on any atom is 0.356 e. The third kappa shape index (κ3) is 3.66. The van der Waals surface area contributed by atoms with Crippen molar-refractivity contribution in [3.8, 4) is 0 Å². The molecule has 1 saturated carbocycles. The number of hydrogen-bond donors (Lipinski definition) is 2. The first-order valence-electron chi connectivity index (χ1n) is 6.93. The summed E-state index contributed by atoms with van der Waals surface area (Å²) in [7, 11) is 1.73. The standard InChI is InChI=1S/C14H21N3O3/c1-20-10-14(5-3-2-4-6-14)9-17-12-8-15-11(7-16-12)13(18)19/h7-8H,2-6,9-10H2,1H3,(H,16,17)(H,18,19). The molecule has 2 N–H and O–H groups in total. The Morgan fingerprint density at radius 3 is 2.65 bits per heavy atom. The molecule has 1 aromatic rings. The van der Waals surface area contributed by atoms with Crippen molar-refractivity contribution in [1.29, 1.82) is 0 Å². The number of aromatic nitrogens is 2. The van der Waals surface area contributed by atoms with Crippen LogP contribution in [0.4, 0.5) is 5.82 Å². The first-order chi connectivity index (χ1) is 9.65. The van der Waals surface area contributed by atoms with Gasteiger partial charge in [-0.05, 0) is 12.8 Å². The lowest BCUT2D eigenvalue weighted by Crippen LogP contribution is -2.36. The molecule has 1 aliphatic rings. The molecule has 6 heteroatoms. The zero-order chi connectivity index (χ0) is 14.4. The highest BCUT2D eigenvalue weighted by Gasteiger charge is 2.32. The van der Waals surface area contributed by atoms with Crippen LogP contribution in [0.2, 0.25) is 0 Å². The first kappa shape index (κ1) is 14.7. The predicted octanol–water partition coefficient (Wildman–Crippen LogP) is 2.18. The van der Waals surface area contributed by atoms with Gasteiger partial charge in [0.1, 0.15) is 5.82 Å². The molecule has 1 aromatic heterocycles. The normalized spacial score (nSPS) is 17.6. The van der Waals surface area contributed by atoms with Gasteiger partial charge in [0.05, 0.1) is 19.0 Å². The van der Waals surface area contributed by atoms with Crippen LogP contribution in [0.25, 0.3) is 0 Å². The summed E-state index contributed by atoms with van der Waals surface area (Å²) in [6.07, 6.45) is 8.78. The van der Waals surface area contributed by atoms with Gasteiger partial charge < -0.3 is 15.2 Å². The van der Waals surface area contributed by atoms with Gasteiger partial charge in [-0.3, -0.25) is 0 Å². The number of nitrogens with one attached hydrogen (secondary N) is 1. The molecule has 0 unspecified atom stereocenters. The SMILES string of the molecule is COCC1(CNc2cnc(C(=O)O)cn2)CCCCC1. The molecule has 20 heavy (non-hydrogen) atoms. The number of rotatable bonds is 6. The Morgan fingerprint density at radius 2 is 2.10 bits per heavy atom. The van der Waals surface area contributed by atoms with Crippen molar-refractivity contribution in [2.45, 2.75) is 32.1 Å². The Labute approximate surface area is 118 Å². The predicted molar refractivity (Wildman–Crippen MR) is 74.9 cm³/mol. The summed E-state index contributed by atoms with van der Waals surface area (Å²) in [6.45, 7) is 1.52. The summed E-state index contributed by atoms with van der Waals surface area (Å²) in [4.78, 5) is 18.6. The Morgan fingerprint density at radius 1 is 1.35 bits per heavy atom. The third-order valence-electron chi connectivity index (χ3n) is 3.88. The fourth-order valence-corrected chi connectivity index (χ4v) is 2.79. The summed E-state index contributed by atoms with van der Waals surface area (Å²) in [5.74, 6) is -0.455. The van der Waals surface area contributed by atoms with E-state index < -0.39 is 5.97 Å². The zero-order valence-electron chi connectivity index (χ0n) is 11.8. The van der Waals surface area contributed by atoms with E-state index in [9.17, 15) is 4.79 Å². The number of carboxylic acid groups (broad SMARTS) is 1. The molecule has 2 rings (SSSR count). The Balaban J connectivity index is 1.96. The lowest BCUT2D eigenvalue weighted by atomic mass is 9.74. The van der Waals surface area contributed by atoms with E-state index in [1.54, 1.807) is 7.11 Å². The summed E-state index contributed by atoms with van der Waals surface area (Å²) >= 11 is 0. The molecular weight excluding hydrogens is 258 g/mol. The molecule has 0 radical (unpaired) electrons. The lowest BCUT2D eigenvalue weighted by Gasteiger charge is -2.36. The van der Waals surface area contributed by atoms with Crippen molar-refractivity contribution in [3.05, 3.63) is 18.1 Å². The highest BCUT2D eigenvalue weighted by Crippen LogP contribution is 2.36. The number of hydrogen-bond acceptors (Lipinski definition) is 5. The Kier molecular flexibility index (Phi) is 4.89. The van der Waals surface area contributed by atoms with Crippen molar-refractivity contribution in [3.63, 3.8) is 0 Å². The molecule has 110 valence electrons. The minimum Gasteiger partial charge on any atom is -0.476 e. The number of nitrogens with zero attached hydrogens (tertiary/aromatic N) is 2. The van der Waals surface area contributed by atoms with Crippen LogP contribution in [-0.4, -0.2) is 41.3 Å². The van der Waals surface area contributed by atoms with Crippen molar-refractivity contribution in [2.24, 2.45) is 5.41 Å². The smallest absolute Gasteiger partial charge is 0.356 e. The van der Waals surface area contributed by atoms with Crippen LogP contribution >= 0.6 is 0 Å². The molecule has 1 aliphatic carbocycles. The summed E-state index contributed by atoms with van der Waals surface area (Å²) < 4.78 is 5.37. The van der Waals surface area contributed by atoms with E-state index in [-0.39, 0.29) is 11.1 Å². The monoisotopic (exact) mass is 279 g/mol. The molecule has 1 fully saturated rings. The van der Waals surface area contributed by atoms with Crippen molar-refractivity contribution < 1.29 is 14.6 Å². The number of carbonyl (C=O) groups is 1. The van der Waals surface area contributed by atoms with Crippen molar-refractivity contribution in [1.82, 2.24) is 9.97 Å². The second-order valence-electron chi connectivity index (χ2n) is 5.44. The van der Waals surface area contributed by atoms with Gasteiger partial charge in [0, 0.05) is 19.1 Å². The second kappa shape index (κ2) is 6.65. The van der Waals surface area contributed by atoms with Gasteiger partial charge >= 0.3 is 5.97 Å². The van der Waals surface area contributed by atoms with Crippen LogP contribution in [0.1, 0.15) is 42.6 Å². The summed E-state index contributed by atoms with van der Waals surface area (Å²) in [5, 5.41) is 12.0. The molecule has 0 saturated heterocycles.